The summed E-state index contributed by atoms with van der Waals surface area (Å²) < 4.78 is 15.2. The van der Waals surface area contributed by atoms with E-state index in [0.717, 1.165) is 0 Å². The summed E-state index contributed by atoms with van der Waals surface area (Å²) in [4.78, 5) is 15.5. The Morgan fingerprint density at radius 3 is 2.88 bits per heavy atom. The summed E-state index contributed by atoms with van der Waals surface area (Å²) >= 11 is 0. The van der Waals surface area contributed by atoms with Crippen LogP contribution in [0.15, 0.2) is 27.4 Å². The third-order valence-electron chi connectivity index (χ3n) is 2.07. The van der Waals surface area contributed by atoms with E-state index in [9.17, 15) is 4.79 Å². The SMILES string of the molecule is Cc1cnc(COC(=O)c2ccoc2C)o1. The van der Waals surface area contributed by atoms with Crippen molar-refractivity contribution >= 4 is 5.97 Å². The van der Waals surface area contributed by atoms with E-state index >= 15 is 0 Å². The predicted molar refractivity (Wildman–Crippen MR) is 53.8 cm³/mol. The molecule has 0 unspecified atom stereocenters. The first kappa shape index (κ1) is 10.5. The Labute approximate surface area is 92.0 Å². The van der Waals surface area contributed by atoms with E-state index in [0.29, 0.717) is 23.0 Å². The predicted octanol–water partition coefficient (Wildman–Crippen LogP) is 2.24. The Bertz CT molecular complexity index is 498. The average molecular weight is 221 g/mol. The van der Waals surface area contributed by atoms with Gasteiger partial charge < -0.3 is 13.6 Å². The van der Waals surface area contributed by atoms with Crippen molar-refractivity contribution in [2.75, 3.05) is 0 Å². The van der Waals surface area contributed by atoms with Crippen LogP contribution in [0.25, 0.3) is 0 Å². The molecule has 0 aliphatic carbocycles. The molecule has 2 heterocycles. The number of hydrogen-bond acceptors (Lipinski definition) is 5. The van der Waals surface area contributed by atoms with Crippen molar-refractivity contribution in [1.82, 2.24) is 4.98 Å². The molecule has 0 atom stereocenters. The molecule has 5 nitrogen and oxygen atoms in total. The van der Waals surface area contributed by atoms with Gasteiger partial charge in [0.1, 0.15) is 17.1 Å². The van der Waals surface area contributed by atoms with Crippen molar-refractivity contribution in [2.45, 2.75) is 20.5 Å². The lowest BCUT2D eigenvalue weighted by atomic mass is 10.3. The number of hydrogen-bond donors (Lipinski definition) is 0. The Balaban J connectivity index is 1.96. The third-order valence-corrected chi connectivity index (χ3v) is 2.07. The Morgan fingerprint density at radius 1 is 1.50 bits per heavy atom. The summed E-state index contributed by atoms with van der Waals surface area (Å²) in [6.45, 7) is 3.50. The van der Waals surface area contributed by atoms with Crippen LogP contribution < -0.4 is 0 Å². The van der Waals surface area contributed by atoms with Crippen molar-refractivity contribution in [3.63, 3.8) is 0 Å². The summed E-state index contributed by atoms with van der Waals surface area (Å²) in [5.41, 5.74) is 0.420. The molecule has 0 aliphatic heterocycles. The van der Waals surface area contributed by atoms with Gasteiger partial charge in [-0.1, -0.05) is 0 Å². The normalized spacial score (nSPS) is 10.4. The number of carbonyl (C=O) groups is 1. The van der Waals surface area contributed by atoms with Crippen LogP contribution in [-0.4, -0.2) is 11.0 Å². The fourth-order valence-electron chi connectivity index (χ4n) is 1.27. The van der Waals surface area contributed by atoms with Gasteiger partial charge in [-0.3, -0.25) is 0 Å². The standard InChI is InChI=1S/C11H11NO4/c1-7-5-12-10(16-7)6-15-11(13)9-3-4-14-8(9)2/h3-5H,6H2,1-2H3. The molecule has 2 aromatic heterocycles. The van der Waals surface area contributed by atoms with E-state index in [1.807, 2.05) is 0 Å². The van der Waals surface area contributed by atoms with Crippen LogP contribution in [0.2, 0.25) is 0 Å². The van der Waals surface area contributed by atoms with Crippen LogP contribution in [0.4, 0.5) is 0 Å². The number of furan rings is 1. The van der Waals surface area contributed by atoms with Gasteiger partial charge in [-0.05, 0) is 19.9 Å². The lowest BCUT2D eigenvalue weighted by Gasteiger charge is -2.00. The van der Waals surface area contributed by atoms with Gasteiger partial charge in [-0.15, -0.1) is 0 Å². The summed E-state index contributed by atoms with van der Waals surface area (Å²) in [6.07, 6.45) is 3.02. The van der Waals surface area contributed by atoms with E-state index in [1.165, 1.54) is 6.26 Å². The highest BCUT2D eigenvalue weighted by Crippen LogP contribution is 2.11. The summed E-state index contributed by atoms with van der Waals surface area (Å²) in [5, 5.41) is 0. The highest BCUT2D eigenvalue weighted by Gasteiger charge is 2.13. The minimum absolute atomic E-state index is 0.0251. The van der Waals surface area contributed by atoms with Gasteiger partial charge in [0.25, 0.3) is 0 Å². The van der Waals surface area contributed by atoms with Gasteiger partial charge in [0.05, 0.1) is 12.5 Å². The van der Waals surface area contributed by atoms with Crippen molar-refractivity contribution < 1.29 is 18.4 Å². The first-order valence-corrected chi connectivity index (χ1v) is 4.79. The second-order valence-corrected chi connectivity index (χ2v) is 3.33. The fourth-order valence-corrected chi connectivity index (χ4v) is 1.27. The van der Waals surface area contributed by atoms with Crippen molar-refractivity contribution in [3.8, 4) is 0 Å². The van der Waals surface area contributed by atoms with Gasteiger partial charge >= 0.3 is 5.97 Å². The molecule has 0 bridgehead atoms. The highest BCUT2D eigenvalue weighted by molar-refractivity contribution is 5.90. The lowest BCUT2D eigenvalue weighted by molar-refractivity contribution is 0.0435. The molecule has 2 rings (SSSR count). The average Bonchev–Trinajstić information content (AvgIpc) is 2.84. The number of ether oxygens (including phenoxy) is 1. The fraction of sp³-hybridized carbons (Fsp3) is 0.273. The summed E-state index contributed by atoms with van der Waals surface area (Å²) in [5.74, 6) is 1.16. The maximum atomic E-state index is 11.6. The molecule has 0 saturated heterocycles. The molecular weight excluding hydrogens is 210 g/mol. The first-order valence-electron chi connectivity index (χ1n) is 4.79. The number of carbonyl (C=O) groups excluding carboxylic acids is 1. The number of oxazole rings is 1. The Hall–Kier alpha value is -2.04. The number of rotatable bonds is 3. The van der Waals surface area contributed by atoms with E-state index in [1.54, 1.807) is 26.1 Å². The number of aromatic nitrogens is 1. The number of nitrogens with zero attached hydrogens (tertiary/aromatic N) is 1. The Morgan fingerprint density at radius 2 is 2.31 bits per heavy atom. The molecule has 5 heteroatoms. The molecule has 0 saturated carbocycles. The van der Waals surface area contributed by atoms with E-state index in [-0.39, 0.29) is 6.61 Å². The monoisotopic (exact) mass is 221 g/mol. The van der Waals surface area contributed by atoms with Crippen LogP contribution in [0.3, 0.4) is 0 Å². The zero-order chi connectivity index (χ0) is 11.5. The molecule has 2 aromatic rings. The summed E-state index contributed by atoms with van der Waals surface area (Å²) in [6, 6.07) is 1.57. The van der Waals surface area contributed by atoms with Crippen molar-refractivity contribution in [1.29, 1.82) is 0 Å². The molecule has 0 radical (unpaired) electrons. The number of aryl methyl sites for hydroxylation is 2. The van der Waals surface area contributed by atoms with E-state index < -0.39 is 5.97 Å². The van der Waals surface area contributed by atoms with Gasteiger partial charge in [0.15, 0.2) is 6.61 Å². The molecule has 0 aliphatic rings. The van der Waals surface area contributed by atoms with E-state index in [4.69, 9.17) is 13.6 Å². The maximum Gasteiger partial charge on any atom is 0.342 e. The Kier molecular flexibility index (Phi) is 2.76. The van der Waals surface area contributed by atoms with Gasteiger partial charge in [0.2, 0.25) is 5.89 Å². The zero-order valence-electron chi connectivity index (χ0n) is 9.02. The molecule has 0 N–H and O–H groups in total. The highest BCUT2D eigenvalue weighted by atomic mass is 16.5. The molecule has 84 valence electrons. The lowest BCUT2D eigenvalue weighted by Crippen LogP contribution is -2.05. The van der Waals surface area contributed by atoms with Crippen LogP contribution in [-0.2, 0) is 11.3 Å². The van der Waals surface area contributed by atoms with Gasteiger partial charge in [0, 0.05) is 0 Å². The summed E-state index contributed by atoms with van der Waals surface area (Å²) in [7, 11) is 0. The minimum Gasteiger partial charge on any atom is -0.469 e. The minimum atomic E-state index is -0.442. The van der Waals surface area contributed by atoms with Gasteiger partial charge in [-0.25, -0.2) is 9.78 Å². The molecular formula is C11H11NO4. The topological polar surface area (TPSA) is 65.5 Å². The molecule has 16 heavy (non-hydrogen) atoms. The van der Waals surface area contributed by atoms with Crippen LogP contribution >= 0.6 is 0 Å². The second-order valence-electron chi connectivity index (χ2n) is 3.33. The molecule has 0 spiro atoms. The van der Waals surface area contributed by atoms with Crippen LogP contribution in [0.5, 0.6) is 0 Å². The van der Waals surface area contributed by atoms with E-state index in [2.05, 4.69) is 4.98 Å². The number of esters is 1. The van der Waals surface area contributed by atoms with Crippen molar-refractivity contribution in [3.05, 3.63) is 41.5 Å². The first-order chi connectivity index (χ1) is 7.66. The molecule has 0 fully saturated rings. The maximum absolute atomic E-state index is 11.6. The van der Waals surface area contributed by atoms with Crippen molar-refractivity contribution in [2.24, 2.45) is 0 Å². The largest absolute Gasteiger partial charge is 0.469 e. The second kappa shape index (κ2) is 4.22. The molecule has 0 amide bonds. The molecule has 0 aromatic carbocycles. The van der Waals surface area contributed by atoms with Crippen LogP contribution in [0.1, 0.15) is 27.8 Å². The van der Waals surface area contributed by atoms with Gasteiger partial charge in [-0.2, -0.15) is 0 Å². The zero-order valence-corrected chi connectivity index (χ0v) is 9.02. The third kappa shape index (κ3) is 2.13. The smallest absolute Gasteiger partial charge is 0.342 e. The quantitative estimate of drug-likeness (QED) is 0.743. The van der Waals surface area contributed by atoms with Crippen LogP contribution in [0, 0.1) is 13.8 Å².